The Morgan fingerprint density at radius 1 is 1.29 bits per heavy atom. The number of nitrogens with zero attached hydrogens (tertiary/aromatic N) is 2. The zero-order chi connectivity index (χ0) is 20.1. The van der Waals surface area contributed by atoms with E-state index in [0.29, 0.717) is 24.2 Å². The van der Waals surface area contributed by atoms with Gasteiger partial charge in [-0.15, -0.1) is 0 Å². The number of hydrogen-bond donors (Lipinski definition) is 2. The van der Waals surface area contributed by atoms with Gasteiger partial charge in [-0.1, -0.05) is 6.92 Å². The summed E-state index contributed by atoms with van der Waals surface area (Å²) in [4.78, 5) is 18.2. The van der Waals surface area contributed by atoms with Crippen LogP contribution in [-0.2, 0) is 11.0 Å². The van der Waals surface area contributed by atoms with Crippen LogP contribution in [0.25, 0.3) is 10.9 Å². The maximum atomic E-state index is 13.3. The number of aliphatic hydroxyl groups is 1. The fraction of sp³-hybridized carbons (Fsp3) is 0.500. The van der Waals surface area contributed by atoms with Crippen LogP contribution in [0.5, 0.6) is 0 Å². The molecule has 2 aromatic rings. The van der Waals surface area contributed by atoms with Crippen molar-refractivity contribution in [2.45, 2.75) is 38.1 Å². The van der Waals surface area contributed by atoms with Gasteiger partial charge in [0, 0.05) is 30.4 Å². The predicted octanol–water partition coefficient (Wildman–Crippen LogP) is 2.97. The average molecular weight is 393 g/mol. The van der Waals surface area contributed by atoms with Crippen molar-refractivity contribution in [2.24, 2.45) is 11.8 Å². The third kappa shape index (κ3) is 3.53. The summed E-state index contributed by atoms with van der Waals surface area (Å²) >= 11 is 0. The molecule has 1 amide bonds. The second-order valence-electron chi connectivity index (χ2n) is 7.81. The minimum atomic E-state index is -4.47. The summed E-state index contributed by atoms with van der Waals surface area (Å²) in [5.74, 6) is -0.206. The van der Waals surface area contributed by atoms with Crippen LogP contribution in [-0.4, -0.2) is 41.2 Å². The number of amides is 1. The summed E-state index contributed by atoms with van der Waals surface area (Å²) in [6.07, 6.45) is -2.36. The first kappa shape index (κ1) is 19.0. The zero-order valence-electron chi connectivity index (χ0n) is 15.4. The van der Waals surface area contributed by atoms with E-state index >= 15 is 0 Å². The largest absolute Gasteiger partial charge is 0.418 e. The monoisotopic (exact) mass is 393 g/mol. The van der Waals surface area contributed by atoms with Crippen molar-refractivity contribution >= 4 is 22.5 Å². The summed E-state index contributed by atoms with van der Waals surface area (Å²) in [6.45, 7) is 3.05. The Balaban J connectivity index is 1.58. The van der Waals surface area contributed by atoms with E-state index in [2.05, 4.69) is 10.3 Å². The van der Waals surface area contributed by atoms with E-state index in [4.69, 9.17) is 0 Å². The molecule has 1 aliphatic carbocycles. The first-order valence-electron chi connectivity index (χ1n) is 9.44. The molecular weight excluding hydrogens is 371 g/mol. The quantitative estimate of drug-likeness (QED) is 0.838. The van der Waals surface area contributed by atoms with Crippen LogP contribution in [0.3, 0.4) is 0 Å². The van der Waals surface area contributed by atoms with Gasteiger partial charge in [0.05, 0.1) is 17.1 Å². The van der Waals surface area contributed by atoms with Crippen molar-refractivity contribution in [3.8, 4) is 0 Å². The van der Waals surface area contributed by atoms with Crippen molar-refractivity contribution in [2.75, 3.05) is 18.0 Å². The van der Waals surface area contributed by atoms with Gasteiger partial charge in [-0.05, 0) is 48.9 Å². The minimum absolute atomic E-state index is 0.0535. The van der Waals surface area contributed by atoms with Crippen LogP contribution in [0.2, 0.25) is 0 Å². The van der Waals surface area contributed by atoms with Gasteiger partial charge >= 0.3 is 6.18 Å². The smallest absolute Gasteiger partial charge is 0.383 e. The molecule has 3 atom stereocenters. The fourth-order valence-corrected chi connectivity index (χ4v) is 3.91. The van der Waals surface area contributed by atoms with Gasteiger partial charge in [-0.25, -0.2) is 0 Å². The molecule has 5 nitrogen and oxygen atoms in total. The molecule has 0 spiro atoms. The molecule has 2 aliphatic rings. The van der Waals surface area contributed by atoms with E-state index in [0.717, 1.165) is 18.9 Å². The summed E-state index contributed by atoms with van der Waals surface area (Å²) in [5.41, 5.74) is -0.157. The number of anilines is 1. The molecule has 1 aliphatic heterocycles. The van der Waals surface area contributed by atoms with E-state index in [1.165, 1.54) is 12.3 Å². The summed E-state index contributed by atoms with van der Waals surface area (Å²) < 4.78 is 39.9. The van der Waals surface area contributed by atoms with Crippen LogP contribution in [0.1, 0.15) is 25.3 Å². The van der Waals surface area contributed by atoms with Crippen molar-refractivity contribution < 1.29 is 23.1 Å². The van der Waals surface area contributed by atoms with Crippen LogP contribution in [0.15, 0.2) is 30.5 Å². The number of hydrogen-bond acceptors (Lipinski definition) is 4. The fourth-order valence-electron chi connectivity index (χ4n) is 3.91. The second kappa shape index (κ2) is 6.92. The molecule has 2 unspecified atom stereocenters. The number of benzene rings is 1. The van der Waals surface area contributed by atoms with E-state index in [9.17, 15) is 23.1 Å². The van der Waals surface area contributed by atoms with Gasteiger partial charge in [0.15, 0.2) is 0 Å². The van der Waals surface area contributed by atoms with E-state index < -0.39 is 17.8 Å². The SMILES string of the molecule is C[C@@H]1CN(c2ccc(C(F)(F)F)c3ncccc23)CC1NC(=O)C(O)C1CC1. The van der Waals surface area contributed by atoms with Gasteiger partial charge < -0.3 is 15.3 Å². The minimum Gasteiger partial charge on any atom is -0.383 e. The molecule has 2 heterocycles. The molecule has 8 heteroatoms. The highest BCUT2D eigenvalue weighted by atomic mass is 19.4. The highest BCUT2D eigenvalue weighted by molar-refractivity contribution is 5.94. The topological polar surface area (TPSA) is 65.5 Å². The number of aromatic nitrogens is 1. The molecule has 28 heavy (non-hydrogen) atoms. The van der Waals surface area contributed by atoms with Crippen molar-refractivity contribution in [1.29, 1.82) is 0 Å². The Kier molecular flexibility index (Phi) is 4.69. The molecule has 2 N–H and O–H groups in total. The predicted molar refractivity (Wildman–Crippen MR) is 98.8 cm³/mol. The number of carbonyl (C=O) groups is 1. The van der Waals surface area contributed by atoms with E-state index in [1.807, 2.05) is 11.8 Å². The Bertz CT molecular complexity index is 898. The maximum Gasteiger partial charge on any atom is 0.418 e. The lowest BCUT2D eigenvalue weighted by Gasteiger charge is -2.22. The number of alkyl halides is 3. The maximum absolute atomic E-state index is 13.3. The molecular formula is C20H22F3N3O2. The standard InChI is InChI=1S/C20H22F3N3O2/c1-11-9-26(10-15(11)25-19(28)18(27)12-4-5-12)16-7-6-14(20(21,22)23)17-13(16)3-2-8-24-17/h2-3,6-8,11-12,15,18,27H,4-5,9-10H2,1H3,(H,25,28)/t11-,15?,18?/m1/s1. The number of halogens is 3. The molecule has 1 aromatic heterocycles. The van der Waals surface area contributed by atoms with Gasteiger partial charge in [-0.3, -0.25) is 9.78 Å². The lowest BCUT2D eigenvalue weighted by atomic mass is 10.1. The number of nitrogens with one attached hydrogen (secondary N) is 1. The Morgan fingerprint density at radius 3 is 2.71 bits per heavy atom. The molecule has 1 aromatic carbocycles. The number of rotatable bonds is 4. The lowest BCUT2D eigenvalue weighted by molar-refractivity contribution is -0.136. The molecule has 4 rings (SSSR count). The lowest BCUT2D eigenvalue weighted by Crippen LogP contribution is -2.45. The van der Waals surface area contributed by atoms with Crippen molar-refractivity contribution in [3.63, 3.8) is 0 Å². The van der Waals surface area contributed by atoms with Gasteiger partial charge in [0.2, 0.25) is 5.91 Å². The van der Waals surface area contributed by atoms with Crippen LogP contribution in [0.4, 0.5) is 18.9 Å². The number of pyridine rings is 1. The van der Waals surface area contributed by atoms with Crippen LogP contribution < -0.4 is 10.2 Å². The van der Waals surface area contributed by atoms with Gasteiger partial charge in [0.1, 0.15) is 6.10 Å². The molecule has 150 valence electrons. The second-order valence-corrected chi connectivity index (χ2v) is 7.81. The van der Waals surface area contributed by atoms with Gasteiger partial charge in [-0.2, -0.15) is 13.2 Å². The first-order chi connectivity index (χ1) is 13.3. The molecule has 2 fully saturated rings. The molecule has 0 radical (unpaired) electrons. The Morgan fingerprint density at radius 2 is 2.04 bits per heavy atom. The molecule has 1 saturated carbocycles. The summed E-state index contributed by atoms with van der Waals surface area (Å²) in [6, 6.07) is 5.63. The van der Waals surface area contributed by atoms with Crippen LogP contribution in [0, 0.1) is 11.8 Å². The number of fused-ring (bicyclic) bond motifs is 1. The summed E-state index contributed by atoms with van der Waals surface area (Å²) in [7, 11) is 0. The molecule has 1 saturated heterocycles. The third-order valence-corrected chi connectivity index (χ3v) is 5.67. The van der Waals surface area contributed by atoms with Crippen LogP contribution >= 0.6 is 0 Å². The normalized spacial score (nSPS) is 23.8. The average Bonchev–Trinajstić information content (AvgIpc) is 3.43. The summed E-state index contributed by atoms with van der Waals surface area (Å²) in [5, 5.41) is 13.3. The van der Waals surface area contributed by atoms with Gasteiger partial charge in [0.25, 0.3) is 0 Å². The number of carbonyl (C=O) groups excluding carboxylic acids is 1. The first-order valence-corrected chi connectivity index (χ1v) is 9.44. The van der Waals surface area contributed by atoms with E-state index in [-0.39, 0.29) is 29.3 Å². The van der Waals surface area contributed by atoms with E-state index in [1.54, 1.807) is 12.1 Å². The third-order valence-electron chi connectivity index (χ3n) is 5.67. The van der Waals surface area contributed by atoms with Crippen molar-refractivity contribution in [3.05, 3.63) is 36.0 Å². The Hall–Kier alpha value is -2.35. The number of aliphatic hydroxyl groups excluding tert-OH is 1. The Labute approximate surface area is 160 Å². The van der Waals surface area contributed by atoms with Crippen molar-refractivity contribution in [1.82, 2.24) is 10.3 Å². The highest BCUT2D eigenvalue weighted by Crippen LogP contribution is 2.39. The zero-order valence-corrected chi connectivity index (χ0v) is 15.4. The highest BCUT2D eigenvalue weighted by Gasteiger charge is 2.39. The molecule has 0 bridgehead atoms.